The van der Waals surface area contributed by atoms with Crippen molar-refractivity contribution in [3.63, 3.8) is 0 Å². The van der Waals surface area contributed by atoms with Crippen molar-refractivity contribution in [2.45, 2.75) is 38.1 Å². The van der Waals surface area contributed by atoms with Crippen molar-refractivity contribution in [3.05, 3.63) is 30.1 Å². The van der Waals surface area contributed by atoms with E-state index in [0.29, 0.717) is 12.5 Å². The van der Waals surface area contributed by atoms with Crippen molar-refractivity contribution in [1.82, 2.24) is 14.5 Å². The van der Waals surface area contributed by atoms with Crippen molar-refractivity contribution in [1.29, 1.82) is 0 Å². The molecule has 2 aliphatic carbocycles. The molecule has 4 nitrogen and oxygen atoms in total. The molecular weight excluding hydrogens is 262 g/mol. The highest BCUT2D eigenvalue weighted by Gasteiger charge is 2.31. The fourth-order valence-corrected chi connectivity index (χ4v) is 2.96. The molecule has 0 unspecified atom stereocenters. The van der Waals surface area contributed by atoms with Gasteiger partial charge in [-0.15, -0.1) is 0 Å². The molecule has 0 atom stereocenters. The summed E-state index contributed by atoms with van der Waals surface area (Å²) in [7, 11) is 1.93. The van der Waals surface area contributed by atoms with Gasteiger partial charge in [-0.05, 0) is 43.7 Å². The lowest BCUT2D eigenvalue weighted by Gasteiger charge is -2.18. The Labute approximate surface area is 124 Å². The molecule has 1 aromatic carbocycles. The monoisotopic (exact) mass is 283 g/mol. The Bertz CT molecular complexity index is 682. The zero-order valence-electron chi connectivity index (χ0n) is 12.5. The summed E-state index contributed by atoms with van der Waals surface area (Å²) in [6, 6.07) is 8.14. The van der Waals surface area contributed by atoms with E-state index >= 15 is 0 Å². The maximum atomic E-state index is 12.5. The first-order valence-electron chi connectivity index (χ1n) is 7.91. The van der Waals surface area contributed by atoms with Crippen molar-refractivity contribution < 1.29 is 4.79 Å². The van der Waals surface area contributed by atoms with Crippen LogP contribution in [0, 0.1) is 5.92 Å². The molecule has 0 N–H and O–H groups in total. The molecule has 1 heterocycles. The lowest BCUT2D eigenvalue weighted by atomic mass is 10.3. The van der Waals surface area contributed by atoms with Gasteiger partial charge in [0.25, 0.3) is 0 Å². The van der Waals surface area contributed by atoms with E-state index in [1.54, 1.807) is 0 Å². The Kier molecular flexibility index (Phi) is 2.98. The summed E-state index contributed by atoms with van der Waals surface area (Å²) in [6.45, 7) is 1.33. The Morgan fingerprint density at radius 3 is 2.76 bits per heavy atom. The molecule has 1 amide bonds. The average molecular weight is 283 g/mol. The summed E-state index contributed by atoms with van der Waals surface area (Å²) in [5, 5.41) is 0. The first-order chi connectivity index (χ1) is 10.2. The van der Waals surface area contributed by atoms with Crippen LogP contribution < -0.4 is 0 Å². The van der Waals surface area contributed by atoms with Crippen LogP contribution >= 0.6 is 0 Å². The van der Waals surface area contributed by atoms with Crippen molar-refractivity contribution in [2.24, 2.45) is 5.92 Å². The van der Waals surface area contributed by atoms with Gasteiger partial charge in [0.1, 0.15) is 12.4 Å². The minimum Gasteiger partial charge on any atom is -0.344 e. The molecule has 0 saturated heterocycles. The highest BCUT2D eigenvalue weighted by Crippen LogP contribution is 2.40. The molecule has 0 radical (unpaired) electrons. The molecular formula is C17H21N3O. The fraction of sp³-hybridized carbons (Fsp3) is 0.529. The third-order valence-corrected chi connectivity index (χ3v) is 4.57. The molecule has 0 bridgehead atoms. The van der Waals surface area contributed by atoms with E-state index in [2.05, 4.69) is 10.6 Å². The van der Waals surface area contributed by atoms with Crippen molar-refractivity contribution >= 4 is 16.9 Å². The first kappa shape index (κ1) is 12.9. The van der Waals surface area contributed by atoms with Gasteiger partial charge in [-0.2, -0.15) is 0 Å². The normalized spacial score (nSPS) is 18.1. The zero-order chi connectivity index (χ0) is 14.4. The largest absolute Gasteiger partial charge is 0.344 e. The Morgan fingerprint density at radius 2 is 2.05 bits per heavy atom. The number of aromatic nitrogens is 2. The number of nitrogens with zero attached hydrogens (tertiary/aromatic N) is 3. The van der Waals surface area contributed by atoms with Crippen LogP contribution in [-0.4, -0.2) is 34.0 Å². The number of hydrogen-bond donors (Lipinski definition) is 0. The summed E-state index contributed by atoms with van der Waals surface area (Å²) in [6.07, 6.45) is 4.96. The Morgan fingerprint density at radius 1 is 1.29 bits per heavy atom. The van der Waals surface area contributed by atoms with Gasteiger partial charge < -0.3 is 9.47 Å². The maximum Gasteiger partial charge on any atom is 0.242 e. The minimum atomic E-state index is 0.201. The second kappa shape index (κ2) is 4.86. The number of para-hydroxylation sites is 2. The quantitative estimate of drug-likeness (QED) is 0.846. The van der Waals surface area contributed by atoms with Crippen LogP contribution in [-0.2, 0) is 11.3 Å². The van der Waals surface area contributed by atoms with Gasteiger partial charge in [0.2, 0.25) is 5.91 Å². The average Bonchev–Trinajstić information content (AvgIpc) is 3.39. The summed E-state index contributed by atoms with van der Waals surface area (Å²) in [4.78, 5) is 19.1. The second-order valence-electron chi connectivity index (χ2n) is 6.54. The number of imidazole rings is 1. The Hall–Kier alpha value is -1.84. The van der Waals surface area contributed by atoms with Gasteiger partial charge in [-0.25, -0.2) is 4.98 Å². The van der Waals surface area contributed by atoms with Crippen molar-refractivity contribution in [3.8, 4) is 0 Å². The van der Waals surface area contributed by atoms with E-state index in [9.17, 15) is 4.79 Å². The minimum absolute atomic E-state index is 0.201. The summed E-state index contributed by atoms with van der Waals surface area (Å²) < 4.78 is 2.14. The SMILES string of the molecule is CN(CC1CC1)C(=O)Cn1c(C2CC2)nc2ccccc21. The summed E-state index contributed by atoms with van der Waals surface area (Å²) >= 11 is 0. The van der Waals surface area contributed by atoms with Crippen LogP contribution in [0.1, 0.15) is 37.4 Å². The topological polar surface area (TPSA) is 38.1 Å². The van der Waals surface area contributed by atoms with Gasteiger partial charge in [0.15, 0.2) is 0 Å². The molecule has 2 saturated carbocycles. The molecule has 4 heteroatoms. The zero-order valence-corrected chi connectivity index (χ0v) is 12.5. The lowest BCUT2D eigenvalue weighted by Crippen LogP contribution is -2.32. The first-order valence-corrected chi connectivity index (χ1v) is 7.91. The highest BCUT2D eigenvalue weighted by atomic mass is 16.2. The smallest absolute Gasteiger partial charge is 0.242 e. The second-order valence-corrected chi connectivity index (χ2v) is 6.54. The van der Waals surface area contributed by atoms with Gasteiger partial charge in [-0.1, -0.05) is 12.1 Å². The number of carbonyl (C=O) groups excluding carboxylic acids is 1. The number of benzene rings is 1. The molecule has 4 rings (SSSR count). The van der Waals surface area contributed by atoms with Gasteiger partial charge in [-0.3, -0.25) is 4.79 Å². The number of likely N-dealkylation sites (N-methyl/N-ethyl adjacent to an activating group) is 1. The Balaban J connectivity index is 1.61. The number of fused-ring (bicyclic) bond motifs is 1. The molecule has 2 aromatic rings. The summed E-state index contributed by atoms with van der Waals surface area (Å²) in [5.41, 5.74) is 2.10. The predicted molar refractivity (Wildman–Crippen MR) is 82.1 cm³/mol. The van der Waals surface area contributed by atoms with E-state index < -0.39 is 0 Å². The highest BCUT2D eigenvalue weighted by molar-refractivity contribution is 5.81. The van der Waals surface area contributed by atoms with Crippen LogP contribution in [0.25, 0.3) is 11.0 Å². The standard InChI is InChI=1S/C17H21N3O/c1-19(10-12-6-7-12)16(21)11-20-15-5-3-2-4-14(15)18-17(20)13-8-9-13/h2-5,12-13H,6-11H2,1H3. The third-order valence-electron chi connectivity index (χ3n) is 4.57. The third kappa shape index (κ3) is 2.55. The van der Waals surface area contributed by atoms with Crippen molar-refractivity contribution in [2.75, 3.05) is 13.6 Å². The van der Waals surface area contributed by atoms with E-state index in [1.165, 1.54) is 25.7 Å². The number of amides is 1. The molecule has 0 spiro atoms. The van der Waals surface area contributed by atoms with Gasteiger partial charge >= 0.3 is 0 Å². The number of carbonyl (C=O) groups is 1. The molecule has 110 valence electrons. The molecule has 2 fully saturated rings. The van der Waals surface area contributed by atoms with E-state index in [1.807, 2.05) is 30.1 Å². The van der Waals surface area contributed by atoms with Gasteiger partial charge in [0, 0.05) is 19.5 Å². The molecule has 21 heavy (non-hydrogen) atoms. The molecule has 0 aliphatic heterocycles. The van der Waals surface area contributed by atoms with Gasteiger partial charge in [0.05, 0.1) is 11.0 Å². The van der Waals surface area contributed by atoms with Crippen LogP contribution in [0.5, 0.6) is 0 Å². The van der Waals surface area contributed by atoms with E-state index in [0.717, 1.165) is 29.3 Å². The van der Waals surface area contributed by atoms with Crippen LogP contribution in [0.4, 0.5) is 0 Å². The number of rotatable bonds is 5. The lowest BCUT2D eigenvalue weighted by molar-refractivity contribution is -0.130. The predicted octanol–water partition coefficient (Wildman–Crippen LogP) is 2.78. The molecule has 1 aromatic heterocycles. The van der Waals surface area contributed by atoms with Crippen LogP contribution in [0.15, 0.2) is 24.3 Å². The molecule has 2 aliphatic rings. The number of hydrogen-bond acceptors (Lipinski definition) is 2. The van der Waals surface area contributed by atoms with Crippen LogP contribution in [0.3, 0.4) is 0 Å². The van der Waals surface area contributed by atoms with E-state index in [4.69, 9.17) is 4.98 Å². The fourth-order valence-electron chi connectivity index (χ4n) is 2.96. The van der Waals surface area contributed by atoms with Crippen LogP contribution in [0.2, 0.25) is 0 Å². The maximum absolute atomic E-state index is 12.5. The summed E-state index contributed by atoms with van der Waals surface area (Å²) in [5.74, 6) is 2.59. The van der Waals surface area contributed by atoms with E-state index in [-0.39, 0.29) is 5.91 Å².